The zero-order valence-corrected chi connectivity index (χ0v) is 8.59. The van der Waals surface area contributed by atoms with E-state index < -0.39 is 0 Å². The van der Waals surface area contributed by atoms with Gasteiger partial charge in [-0.1, -0.05) is 18.2 Å². The lowest BCUT2D eigenvalue weighted by molar-refractivity contribution is 0.996. The summed E-state index contributed by atoms with van der Waals surface area (Å²) < 4.78 is 0. The highest BCUT2D eigenvalue weighted by Crippen LogP contribution is 2.18. The summed E-state index contributed by atoms with van der Waals surface area (Å²) in [6, 6.07) is 6.61. The van der Waals surface area contributed by atoms with Crippen molar-refractivity contribution in [2.75, 3.05) is 5.32 Å². The zero-order valence-electron chi connectivity index (χ0n) is 8.59. The van der Waals surface area contributed by atoms with E-state index in [1.165, 1.54) is 16.8 Å². The highest BCUT2D eigenvalue weighted by atomic mass is 14.9. The van der Waals surface area contributed by atoms with E-state index in [4.69, 9.17) is 0 Å². The van der Waals surface area contributed by atoms with Crippen LogP contribution in [0.4, 0.5) is 5.69 Å². The third kappa shape index (κ3) is 2.35. The first-order valence-corrected chi connectivity index (χ1v) is 4.60. The maximum absolute atomic E-state index is 3.75. The quantitative estimate of drug-likeness (QED) is 0.695. The van der Waals surface area contributed by atoms with Crippen molar-refractivity contribution < 1.29 is 0 Å². The molecule has 1 N–H and O–H groups in total. The van der Waals surface area contributed by atoms with Gasteiger partial charge in [-0.15, -0.1) is 6.58 Å². The largest absolute Gasteiger partial charge is 0.379 e. The van der Waals surface area contributed by atoms with Crippen molar-refractivity contribution in [2.45, 2.75) is 26.8 Å². The first kappa shape index (κ1) is 9.85. The summed E-state index contributed by atoms with van der Waals surface area (Å²) in [7, 11) is 0. The second kappa shape index (κ2) is 4.13. The highest BCUT2D eigenvalue weighted by Gasteiger charge is 2.01. The van der Waals surface area contributed by atoms with E-state index in [0.29, 0.717) is 6.04 Å². The lowest BCUT2D eigenvalue weighted by Crippen LogP contribution is -2.12. The van der Waals surface area contributed by atoms with Crippen molar-refractivity contribution in [1.82, 2.24) is 0 Å². The van der Waals surface area contributed by atoms with Gasteiger partial charge in [0.15, 0.2) is 0 Å². The molecule has 0 radical (unpaired) electrons. The Kier molecular flexibility index (Phi) is 3.13. The Morgan fingerprint density at radius 1 is 1.38 bits per heavy atom. The third-order valence-corrected chi connectivity index (χ3v) is 2.34. The molecule has 1 aromatic carbocycles. The molecule has 0 aliphatic carbocycles. The van der Waals surface area contributed by atoms with Crippen molar-refractivity contribution in [3.63, 3.8) is 0 Å². The van der Waals surface area contributed by atoms with E-state index in [0.717, 1.165) is 0 Å². The molecule has 13 heavy (non-hydrogen) atoms. The Labute approximate surface area is 80.5 Å². The molecule has 70 valence electrons. The predicted octanol–water partition coefficient (Wildman–Crippen LogP) is 3.29. The molecule has 0 aliphatic rings. The molecule has 1 atom stereocenters. The molecule has 1 aromatic rings. The van der Waals surface area contributed by atoms with Crippen molar-refractivity contribution >= 4 is 5.69 Å². The zero-order chi connectivity index (χ0) is 9.84. The van der Waals surface area contributed by atoms with E-state index in [1.54, 1.807) is 0 Å². The van der Waals surface area contributed by atoms with Gasteiger partial charge in [-0.25, -0.2) is 0 Å². The lowest BCUT2D eigenvalue weighted by atomic mass is 10.1. The van der Waals surface area contributed by atoms with Gasteiger partial charge in [0.05, 0.1) is 0 Å². The standard InChI is InChI=1S/C12H17N/c1-5-10(3)13-12-8-6-7-9(2)11(12)4/h5-8,10,13H,1H2,2-4H3. The number of hydrogen-bond acceptors (Lipinski definition) is 1. The van der Waals surface area contributed by atoms with Crippen LogP contribution in [0.25, 0.3) is 0 Å². The van der Waals surface area contributed by atoms with Gasteiger partial charge in [-0.2, -0.15) is 0 Å². The summed E-state index contributed by atoms with van der Waals surface area (Å²) in [6.45, 7) is 10.1. The Hall–Kier alpha value is -1.24. The summed E-state index contributed by atoms with van der Waals surface area (Å²) in [5.74, 6) is 0. The van der Waals surface area contributed by atoms with E-state index >= 15 is 0 Å². The molecular weight excluding hydrogens is 158 g/mol. The normalized spacial score (nSPS) is 12.2. The molecule has 0 spiro atoms. The first-order valence-electron chi connectivity index (χ1n) is 4.60. The number of nitrogens with one attached hydrogen (secondary N) is 1. The first-order chi connectivity index (χ1) is 6.15. The number of hydrogen-bond donors (Lipinski definition) is 1. The fourth-order valence-electron chi connectivity index (χ4n) is 1.21. The topological polar surface area (TPSA) is 12.0 Å². The molecule has 0 fully saturated rings. The fraction of sp³-hybridized carbons (Fsp3) is 0.333. The van der Waals surface area contributed by atoms with Crippen LogP contribution in [-0.4, -0.2) is 6.04 Å². The molecule has 1 unspecified atom stereocenters. The molecule has 0 amide bonds. The summed E-state index contributed by atoms with van der Waals surface area (Å²) in [5, 5.41) is 3.38. The summed E-state index contributed by atoms with van der Waals surface area (Å²) in [4.78, 5) is 0. The minimum absolute atomic E-state index is 0.320. The smallest absolute Gasteiger partial charge is 0.0413 e. The fourth-order valence-corrected chi connectivity index (χ4v) is 1.21. The Bertz CT molecular complexity index is 302. The average molecular weight is 175 g/mol. The Morgan fingerprint density at radius 2 is 2.08 bits per heavy atom. The van der Waals surface area contributed by atoms with Crippen LogP contribution in [0.2, 0.25) is 0 Å². The van der Waals surface area contributed by atoms with Crippen molar-refractivity contribution in [2.24, 2.45) is 0 Å². The summed E-state index contributed by atoms with van der Waals surface area (Å²) >= 11 is 0. The van der Waals surface area contributed by atoms with Crippen LogP contribution in [0.1, 0.15) is 18.1 Å². The maximum atomic E-state index is 3.75. The van der Waals surface area contributed by atoms with Crippen molar-refractivity contribution in [3.8, 4) is 0 Å². The van der Waals surface area contributed by atoms with Gasteiger partial charge >= 0.3 is 0 Å². The van der Waals surface area contributed by atoms with Crippen molar-refractivity contribution in [1.29, 1.82) is 0 Å². The monoisotopic (exact) mass is 175 g/mol. The molecule has 1 nitrogen and oxygen atoms in total. The molecule has 0 heterocycles. The summed E-state index contributed by atoms with van der Waals surface area (Å²) in [5.41, 5.74) is 3.84. The van der Waals surface area contributed by atoms with Crippen LogP contribution in [0.15, 0.2) is 30.9 Å². The van der Waals surface area contributed by atoms with Crippen molar-refractivity contribution in [3.05, 3.63) is 42.0 Å². The average Bonchev–Trinajstić information content (AvgIpc) is 2.13. The Balaban J connectivity index is 2.88. The highest BCUT2D eigenvalue weighted by molar-refractivity contribution is 5.54. The van der Waals surface area contributed by atoms with Crippen LogP contribution < -0.4 is 5.32 Å². The SMILES string of the molecule is C=CC(C)Nc1cccc(C)c1C. The lowest BCUT2D eigenvalue weighted by Gasteiger charge is -2.14. The predicted molar refractivity (Wildman–Crippen MR) is 59.2 cm³/mol. The van der Waals surface area contributed by atoms with Gasteiger partial charge in [0.1, 0.15) is 0 Å². The van der Waals surface area contributed by atoms with E-state index in [-0.39, 0.29) is 0 Å². The Morgan fingerprint density at radius 3 is 2.69 bits per heavy atom. The molecule has 0 saturated carbocycles. The minimum Gasteiger partial charge on any atom is -0.379 e. The molecular formula is C12H17N. The van der Waals surface area contributed by atoms with Gasteiger partial charge in [-0.05, 0) is 38.0 Å². The maximum Gasteiger partial charge on any atom is 0.0413 e. The number of benzene rings is 1. The molecule has 0 aromatic heterocycles. The van der Waals surface area contributed by atoms with E-state index in [2.05, 4.69) is 50.9 Å². The van der Waals surface area contributed by atoms with Gasteiger partial charge < -0.3 is 5.32 Å². The van der Waals surface area contributed by atoms with Crippen LogP contribution in [-0.2, 0) is 0 Å². The second-order valence-corrected chi connectivity index (χ2v) is 3.42. The van der Waals surface area contributed by atoms with Gasteiger partial charge in [0.25, 0.3) is 0 Å². The molecule has 0 bridgehead atoms. The van der Waals surface area contributed by atoms with E-state index in [9.17, 15) is 0 Å². The second-order valence-electron chi connectivity index (χ2n) is 3.42. The van der Waals surface area contributed by atoms with Gasteiger partial charge in [-0.3, -0.25) is 0 Å². The molecule has 0 aliphatic heterocycles. The van der Waals surface area contributed by atoms with Crippen LogP contribution in [0, 0.1) is 13.8 Å². The van der Waals surface area contributed by atoms with Crippen LogP contribution >= 0.6 is 0 Å². The van der Waals surface area contributed by atoms with Crippen LogP contribution in [0.3, 0.4) is 0 Å². The number of anilines is 1. The number of rotatable bonds is 3. The minimum atomic E-state index is 0.320. The number of aryl methyl sites for hydroxylation is 1. The molecule has 0 saturated heterocycles. The molecule has 1 rings (SSSR count). The van der Waals surface area contributed by atoms with E-state index in [1.807, 2.05) is 6.08 Å². The van der Waals surface area contributed by atoms with Crippen LogP contribution in [0.5, 0.6) is 0 Å². The summed E-state index contributed by atoms with van der Waals surface area (Å²) in [6.07, 6.45) is 1.90. The third-order valence-electron chi connectivity index (χ3n) is 2.34. The molecule has 1 heteroatoms. The van der Waals surface area contributed by atoms with Gasteiger partial charge in [0.2, 0.25) is 0 Å². The van der Waals surface area contributed by atoms with Gasteiger partial charge in [0, 0.05) is 11.7 Å².